The first-order valence-electron chi connectivity index (χ1n) is 22.7. The van der Waals surface area contributed by atoms with E-state index in [1.54, 1.807) is 0 Å². The fraction of sp³-hybridized carbons (Fsp3) is 0.150. The van der Waals surface area contributed by atoms with Crippen LogP contribution in [0.25, 0.3) is 100 Å². The van der Waals surface area contributed by atoms with Gasteiger partial charge in [-0.2, -0.15) is 9.97 Å². The SMILES string of the molecule is CC1(C)c2cccc(-n3c4ccccc4c4ccc5c6ccccc6n(-c6nc(-c7ccc(-c8ccccc8)cc7)nc(-c7ccc(-c8ccccc8)cc7)n6)c5c43)c2C(C)(C)C1(C)C. The predicted octanol–water partition coefficient (Wildman–Crippen LogP) is 15.3. The van der Waals surface area contributed by atoms with Gasteiger partial charge in [0.05, 0.1) is 27.8 Å². The Bertz CT molecular complexity index is 3550. The van der Waals surface area contributed by atoms with Gasteiger partial charge in [-0.25, -0.2) is 4.98 Å². The number of para-hydroxylation sites is 2. The molecule has 0 fully saturated rings. The summed E-state index contributed by atoms with van der Waals surface area (Å²) < 4.78 is 4.85. The van der Waals surface area contributed by atoms with Crippen LogP contribution in [0.2, 0.25) is 0 Å². The first-order valence-corrected chi connectivity index (χ1v) is 22.7. The molecule has 0 saturated carbocycles. The molecular formula is C60H49N5. The Morgan fingerprint density at radius 2 is 0.769 bits per heavy atom. The van der Waals surface area contributed by atoms with E-state index in [0.29, 0.717) is 17.6 Å². The molecule has 0 N–H and O–H groups in total. The molecule has 0 aliphatic heterocycles. The molecule has 0 bridgehead atoms. The van der Waals surface area contributed by atoms with Crippen molar-refractivity contribution in [3.8, 4) is 56.7 Å². The standard InChI is InChI=1S/C60H49N5/c1-58(2)48-24-17-27-51(52(48)59(3,4)60(58,5)6)64-49-25-15-13-22-44(49)46-36-37-47-45-23-14-16-26-50(45)65(54(47)53(46)64)57-62-55(42-32-28-40(29-33-42)38-18-9-7-10-19-38)61-56(63-57)43-34-30-41(31-35-43)39-20-11-8-12-21-39/h7-37H,1-6H3. The highest BCUT2D eigenvalue weighted by molar-refractivity contribution is 6.23. The second-order valence-corrected chi connectivity index (χ2v) is 19.3. The molecule has 12 rings (SSSR count). The summed E-state index contributed by atoms with van der Waals surface area (Å²) in [4.78, 5) is 16.2. The topological polar surface area (TPSA) is 48.5 Å². The summed E-state index contributed by atoms with van der Waals surface area (Å²) in [6, 6.07) is 67.3. The summed E-state index contributed by atoms with van der Waals surface area (Å²) in [5.74, 6) is 1.80. The summed E-state index contributed by atoms with van der Waals surface area (Å²) in [6.07, 6.45) is 0. The Morgan fingerprint density at radius 1 is 0.338 bits per heavy atom. The second kappa shape index (κ2) is 14.2. The highest BCUT2D eigenvalue weighted by Crippen LogP contribution is 2.63. The lowest BCUT2D eigenvalue weighted by Gasteiger charge is -2.44. The Morgan fingerprint density at radius 3 is 1.29 bits per heavy atom. The van der Waals surface area contributed by atoms with Gasteiger partial charge >= 0.3 is 0 Å². The molecule has 5 heteroatoms. The smallest absolute Gasteiger partial charge is 0.238 e. The largest absolute Gasteiger partial charge is 0.307 e. The maximum atomic E-state index is 5.45. The highest BCUT2D eigenvalue weighted by atomic mass is 15.2. The van der Waals surface area contributed by atoms with Crippen LogP contribution in [0.5, 0.6) is 0 Å². The number of nitrogens with zero attached hydrogens (tertiary/aromatic N) is 5. The van der Waals surface area contributed by atoms with Crippen molar-refractivity contribution in [1.82, 2.24) is 24.1 Å². The molecule has 0 spiro atoms. The van der Waals surface area contributed by atoms with Crippen molar-refractivity contribution in [3.63, 3.8) is 0 Å². The van der Waals surface area contributed by atoms with E-state index in [4.69, 9.17) is 15.0 Å². The summed E-state index contributed by atoms with van der Waals surface area (Å²) in [7, 11) is 0. The van der Waals surface area contributed by atoms with Gasteiger partial charge in [0.1, 0.15) is 0 Å². The minimum Gasteiger partial charge on any atom is -0.307 e. The Labute approximate surface area is 379 Å². The van der Waals surface area contributed by atoms with Gasteiger partial charge in [0.25, 0.3) is 0 Å². The molecule has 1 aliphatic rings. The van der Waals surface area contributed by atoms with E-state index in [1.807, 2.05) is 0 Å². The number of fused-ring (bicyclic) bond motifs is 8. The van der Waals surface area contributed by atoms with E-state index in [9.17, 15) is 0 Å². The molecule has 0 amide bonds. The monoisotopic (exact) mass is 839 g/mol. The van der Waals surface area contributed by atoms with Crippen molar-refractivity contribution < 1.29 is 0 Å². The van der Waals surface area contributed by atoms with Crippen molar-refractivity contribution in [1.29, 1.82) is 0 Å². The van der Waals surface area contributed by atoms with Crippen LogP contribution in [0.3, 0.4) is 0 Å². The van der Waals surface area contributed by atoms with Gasteiger partial charge < -0.3 is 4.57 Å². The Balaban J connectivity index is 1.17. The number of rotatable bonds is 6. The van der Waals surface area contributed by atoms with Crippen molar-refractivity contribution in [2.24, 2.45) is 5.41 Å². The first-order chi connectivity index (χ1) is 31.5. The number of hydrogen-bond donors (Lipinski definition) is 0. The molecule has 314 valence electrons. The second-order valence-electron chi connectivity index (χ2n) is 19.3. The van der Waals surface area contributed by atoms with Gasteiger partial charge in [-0.1, -0.05) is 211 Å². The molecule has 1 aliphatic carbocycles. The minimum absolute atomic E-state index is 0.0162. The quantitative estimate of drug-likeness (QED) is 0.168. The van der Waals surface area contributed by atoms with E-state index in [0.717, 1.165) is 49.6 Å². The summed E-state index contributed by atoms with van der Waals surface area (Å²) in [6.45, 7) is 14.6. The lowest BCUT2D eigenvalue weighted by atomic mass is 9.59. The van der Waals surface area contributed by atoms with E-state index in [-0.39, 0.29) is 16.2 Å². The zero-order chi connectivity index (χ0) is 44.2. The summed E-state index contributed by atoms with van der Waals surface area (Å²) in [5.41, 5.74) is 14.7. The molecular weight excluding hydrogens is 791 g/mol. The molecule has 8 aromatic carbocycles. The Hall–Kier alpha value is -7.63. The fourth-order valence-electron chi connectivity index (χ4n) is 10.9. The normalized spacial score (nSPS) is 15.0. The van der Waals surface area contributed by atoms with Gasteiger partial charge in [0.15, 0.2) is 11.6 Å². The van der Waals surface area contributed by atoms with Gasteiger partial charge in [-0.05, 0) is 67.8 Å². The van der Waals surface area contributed by atoms with Crippen LogP contribution in [0.15, 0.2) is 188 Å². The molecule has 0 saturated heterocycles. The van der Waals surface area contributed by atoms with Crippen molar-refractivity contribution in [2.75, 3.05) is 0 Å². The molecule has 5 nitrogen and oxygen atoms in total. The van der Waals surface area contributed by atoms with Crippen LogP contribution >= 0.6 is 0 Å². The van der Waals surface area contributed by atoms with E-state index >= 15 is 0 Å². The van der Waals surface area contributed by atoms with Crippen LogP contribution in [0.1, 0.15) is 52.7 Å². The van der Waals surface area contributed by atoms with Crippen LogP contribution in [0, 0.1) is 5.41 Å². The molecule has 0 unspecified atom stereocenters. The predicted molar refractivity (Wildman–Crippen MR) is 270 cm³/mol. The van der Waals surface area contributed by atoms with Crippen LogP contribution < -0.4 is 0 Å². The lowest BCUT2D eigenvalue weighted by molar-refractivity contribution is 0.125. The van der Waals surface area contributed by atoms with Crippen molar-refractivity contribution in [2.45, 2.75) is 52.4 Å². The van der Waals surface area contributed by atoms with Gasteiger partial charge in [-0.15, -0.1) is 0 Å². The average Bonchev–Trinajstić information content (AvgIpc) is 3.90. The maximum Gasteiger partial charge on any atom is 0.238 e. The van der Waals surface area contributed by atoms with Gasteiger partial charge in [-0.3, -0.25) is 4.57 Å². The third-order valence-electron chi connectivity index (χ3n) is 15.5. The molecule has 3 aromatic heterocycles. The molecule has 65 heavy (non-hydrogen) atoms. The zero-order valence-electron chi connectivity index (χ0n) is 37.6. The van der Waals surface area contributed by atoms with Crippen LogP contribution in [-0.4, -0.2) is 24.1 Å². The van der Waals surface area contributed by atoms with E-state index < -0.39 is 0 Å². The van der Waals surface area contributed by atoms with Gasteiger partial charge in [0, 0.05) is 32.7 Å². The summed E-state index contributed by atoms with van der Waals surface area (Å²) in [5, 5.41) is 4.69. The third kappa shape index (κ3) is 5.67. The Kier molecular flexibility index (Phi) is 8.51. The minimum atomic E-state index is -0.134. The molecule has 11 aromatic rings. The third-order valence-corrected chi connectivity index (χ3v) is 15.5. The zero-order valence-corrected chi connectivity index (χ0v) is 37.6. The molecule has 3 heterocycles. The average molecular weight is 840 g/mol. The number of benzene rings is 8. The van der Waals surface area contributed by atoms with Crippen molar-refractivity contribution >= 4 is 43.6 Å². The van der Waals surface area contributed by atoms with E-state index in [2.05, 4.69) is 239 Å². The first kappa shape index (κ1) is 39.0. The lowest BCUT2D eigenvalue weighted by Crippen LogP contribution is -2.42. The maximum absolute atomic E-state index is 5.45. The molecule has 0 atom stereocenters. The highest BCUT2D eigenvalue weighted by Gasteiger charge is 2.57. The summed E-state index contributed by atoms with van der Waals surface area (Å²) >= 11 is 0. The number of aromatic nitrogens is 5. The molecule has 0 radical (unpaired) electrons. The van der Waals surface area contributed by atoms with E-state index in [1.165, 1.54) is 44.2 Å². The van der Waals surface area contributed by atoms with Crippen LogP contribution in [-0.2, 0) is 10.8 Å². The number of hydrogen-bond acceptors (Lipinski definition) is 3. The van der Waals surface area contributed by atoms with Gasteiger partial charge in [0.2, 0.25) is 5.95 Å². The fourth-order valence-corrected chi connectivity index (χ4v) is 10.9. The van der Waals surface area contributed by atoms with Crippen molar-refractivity contribution in [3.05, 3.63) is 199 Å². The van der Waals surface area contributed by atoms with Crippen LogP contribution in [0.4, 0.5) is 0 Å².